The number of hydrogen-bond acceptors (Lipinski definition) is 31. The third kappa shape index (κ3) is 11.2. The summed E-state index contributed by atoms with van der Waals surface area (Å²) >= 11 is 0. The summed E-state index contributed by atoms with van der Waals surface area (Å²) in [6.07, 6.45) is -60.2. The second kappa shape index (κ2) is 23.5. The molecule has 0 aromatic heterocycles. The Balaban J connectivity index is 1.31. The molecule has 20 N–H and O–H groups in total. The average molecular weight is 991 g/mol. The van der Waals surface area contributed by atoms with Crippen LogP contribution in [0.3, 0.4) is 0 Å². The van der Waals surface area contributed by atoms with Gasteiger partial charge in [0.05, 0.1) is 39.6 Å². The molecule has 6 aliphatic heterocycles. The minimum absolute atomic E-state index is 0.865. The molecule has 6 rings (SSSR count). The van der Waals surface area contributed by atoms with Crippen molar-refractivity contribution in [3.8, 4) is 0 Å². The van der Waals surface area contributed by atoms with Crippen LogP contribution in [0.5, 0.6) is 0 Å². The average Bonchev–Trinajstić information content (AvgIpc) is 3.32. The molecule has 0 spiro atoms. The first-order valence-corrected chi connectivity index (χ1v) is 21.1. The lowest BCUT2D eigenvalue weighted by atomic mass is 9.95. The summed E-state index contributed by atoms with van der Waals surface area (Å²) in [5, 5.41) is 211. The molecule has 6 aliphatic rings. The predicted molar refractivity (Wildman–Crippen MR) is 199 cm³/mol. The van der Waals surface area contributed by atoms with Crippen LogP contribution in [0.15, 0.2) is 0 Å². The van der Waals surface area contributed by atoms with Crippen LogP contribution in [0.2, 0.25) is 0 Å². The van der Waals surface area contributed by atoms with Crippen LogP contribution in [0, 0.1) is 0 Å². The second-order valence-electron chi connectivity index (χ2n) is 16.8. The van der Waals surface area contributed by atoms with Crippen molar-refractivity contribution >= 4 is 0 Å². The van der Waals surface area contributed by atoms with Crippen molar-refractivity contribution < 1.29 is 154 Å². The molecule has 0 aromatic rings. The van der Waals surface area contributed by atoms with Crippen molar-refractivity contribution in [2.45, 2.75) is 184 Å². The number of aliphatic hydroxyl groups excluding tert-OH is 20. The largest absolute Gasteiger partial charge is 0.394 e. The molecule has 31 heteroatoms. The van der Waals surface area contributed by atoms with Gasteiger partial charge in [0.2, 0.25) is 0 Å². The highest BCUT2D eigenvalue weighted by Gasteiger charge is 2.58. The summed E-state index contributed by atoms with van der Waals surface area (Å²) in [6, 6.07) is 0. The van der Waals surface area contributed by atoms with Gasteiger partial charge in [-0.3, -0.25) is 0 Å². The van der Waals surface area contributed by atoms with Gasteiger partial charge in [-0.05, 0) is 0 Å². The van der Waals surface area contributed by atoms with E-state index in [0.29, 0.717) is 0 Å². The number of aliphatic hydroxyl groups is 20. The summed E-state index contributed by atoms with van der Waals surface area (Å²) in [6.45, 7) is -5.86. The Labute approximate surface area is 378 Å². The summed E-state index contributed by atoms with van der Waals surface area (Å²) in [5.74, 6) is 0. The highest BCUT2D eigenvalue weighted by atomic mass is 16.8. The van der Waals surface area contributed by atoms with Crippen LogP contribution in [0.25, 0.3) is 0 Å². The van der Waals surface area contributed by atoms with Crippen molar-refractivity contribution in [3.05, 3.63) is 0 Å². The fraction of sp³-hybridized carbons (Fsp3) is 1.00. The van der Waals surface area contributed by atoms with Gasteiger partial charge in [-0.25, -0.2) is 0 Å². The highest BCUT2D eigenvalue weighted by Crippen LogP contribution is 2.37. The molecule has 6 saturated heterocycles. The van der Waals surface area contributed by atoms with Crippen LogP contribution in [0.4, 0.5) is 0 Å². The first kappa shape index (κ1) is 55.1. The maximum atomic E-state index is 11.5. The molecule has 31 nitrogen and oxygen atoms in total. The smallest absolute Gasteiger partial charge is 0.187 e. The van der Waals surface area contributed by atoms with E-state index in [1.54, 1.807) is 0 Å². The van der Waals surface area contributed by atoms with Gasteiger partial charge >= 0.3 is 0 Å². The van der Waals surface area contributed by atoms with Crippen LogP contribution in [-0.2, 0) is 52.1 Å². The van der Waals surface area contributed by atoms with E-state index in [9.17, 15) is 102 Å². The van der Waals surface area contributed by atoms with Gasteiger partial charge in [0, 0.05) is 0 Å². The molecular formula is C36H62O31. The predicted octanol–water partition coefficient (Wildman–Crippen LogP) is -14.1. The molecule has 0 saturated carbocycles. The van der Waals surface area contributed by atoms with Crippen molar-refractivity contribution in [1.82, 2.24) is 0 Å². The van der Waals surface area contributed by atoms with E-state index >= 15 is 0 Å². The normalized spacial score (nSPS) is 53.4. The summed E-state index contributed by atoms with van der Waals surface area (Å²) in [7, 11) is 0. The summed E-state index contributed by atoms with van der Waals surface area (Å²) < 4.78 is 62.2. The fourth-order valence-electron chi connectivity index (χ4n) is 8.42. The Kier molecular flexibility index (Phi) is 19.4. The van der Waals surface area contributed by atoms with Crippen molar-refractivity contribution in [1.29, 1.82) is 0 Å². The van der Waals surface area contributed by atoms with Crippen molar-refractivity contribution in [3.63, 3.8) is 0 Å². The quantitative estimate of drug-likeness (QED) is 0.0683. The van der Waals surface area contributed by atoms with Crippen LogP contribution >= 0.6 is 0 Å². The molecule has 0 aromatic carbocycles. The molecule has 6 heterocycles. The molecule has 1 unspecified atom stereocenters. The molecular weight excluding hydrogens is 928 g/mol. The molecule has 392 valence electrons. The van der Waals surface area contributed by atoms with E-state index in [2.05, 4.69) is 0 Å². The molecule has 0 aliphatic carbocycles. The first-order chi connectivity index (χ1) is 31.8. The van der Waals surface area contributed by atoms with Gasteiger partial charge in [-0.2, -0.15) is 0 Å². The van der Waals surface area contributed by atoms with Crippen molar-refractivity contribution in [2.75, 3.05) is 39.6 Å². The lowest BCUT2D eigenvalue weighted by molar-refractivity contribution is -0.417. The summed E-state index contributed by atoms with van der Waals surface area (Å²) in [4.78, 5) is 0. The monoisotopic (exact) mass is 990 g/mol. The Morgan fingerprint density at radius 1 is 0.224 bits per heavy atom. The van der Waals surface area contributed by atoms with E-state index in [4.69, 9.17) is 52.1 Å². The zero-order valence-electron chi connectivity index (χ0n) is 35.0. The number of hydrogen-bond donors (Lipinski definition) is 20. The van der Waals surface area contributed by atoms with E-state index < -0.39 is 224 Å². The Bertz CT molecular complexity index is 1510. The number of ether oxygens (including phenoxy) is 11. The molecule has 67 heavy (non-hydrogen) atoms. The van der Waals surface area contributed by atoms with E-state index in [1.165, 1.54) is 0 Å². The molecule has 30 atom stereocenters. The zero-order valence-corrected chi connectivity index (χ0v) is 35.0. The van der Waals surface area contributed by atoms with E-state index in [0.717, 1.165) is 0 Å². The molecule has 0 bridgehead atoms. The van der Waals surface area contributed by atoms with E-state index in [1.807, 2.05) is 0 Å². The number of rotatable bonds is 16. The molecule has 0 radical (unpaired) electrons. The topological polar surface area (TPSA) is 506 Å². The maximum Gasteiger partial charge on any atom is 0.187 e. The van der Waals surface area contributed by atoms with Crippen LogP contribution < -0.4 is 0 Å². The molecule has 0 amide bonds. The Morgan fingerprint density at radius 3 is 0.716 bits per heavy atom. The standard InChI is InChI=1S/C36H62O31/c37-1-7-14(44)20(50)26(31(56)57-7)63-33-28(22(52)16(46)9(3-39)59-33)65-35-30(24(54)18(48)11(5-41)61-35)67-36-29(23(53)17(47)12(6-42)62-36)66-34-27(21(51)15(45)10(4-40)60-34)64-32-25(55)19(49)13(43)8(2-38)58-32/h7-56H,1-6H2/t7-,8-,9-,10-,11-,12-,13-,14-,15-,16-,17-,18-,19+,20+,21+,22+,23+,24+,25+,26+,27+,28+,29+,30+,31?,32+,33-,34+,35-,36+/m1/s1. The van der Waals surface area contributed by atoms with Gasteiger partial charge in [0.1, 0.15) is 146 Å². The zero-order chi connectivity index (χ0) is 49.3. The second-order valence-corrected chi connectivity index (χ2v) is 16.8. The van der Waals surface area contributed by atoms with Gasteiger partial charge in [0.15, 0.2) is 37.7 Å². The van der Waals surface area contributed by atoms with E-state index in [-0.39, 0.29) is 0 Å². The SMILES string of the molecule is OC[C@H]1O[C@@H](O[C@@H]2[C@H](O[C@@H]3[C@H](O[C@@H]4[C@@H](O[C@@H]5[C@@H](O[C@@H]6C(O)O[C@H](CO)[C@@H](O)[C@@H]6O)O[C@H](CO)[C@@H](O)[C@@H]5O)O[C@H](CO)[C@@H](O)[C@@H]4O)O[C@H](CO)[C@@H](O)[C@@H]3O)O[C@H](CO)[C@@H](O)[C@@H]2O)[C@@H](O)[C@@H](O)[C@@H]1O. The van der Waals surface area contributed by atoms with Crippen LogP contribution in [0.1, 0.15) is 0 Å². The van der Waals surface area contributed by atoms with Gasteiger partial charge in [0.25, 0.3) is 0 Å². The van der Waals surface area contributed by atoms with Gasteiger partial charge in [-0.15, -0.1) is 0 Å². The fourth-order valence-corrected chi connectivity index (χ4v) is 8.42. The van der Waals surface area contributed by atoms with Gasteiger partial charge in [-0.1, -0.05) is 0 Å². The minimum atomic E-state index is -2.25. The van der Waals surface area contributed by atoms with Gasteiger partial charge < -0.3 is 154 Å². The highest BCUT2D eigenvalue weighted by molar-refractivity contribution is 5.00. The minimum Gasteiger partial charge on any atom is -0.394 e. The lowest BCUT2D eigenvalue weighted by Crippen LogP contribution is -2.69. The first-order valence-electron chi connectivity index (χ1n) is 21.1. The Morgan fingerprint density at radius 2 is 0.433 bits per heavy atom. The third-order valence-electron chi connectivity index (χ3n) is 12.4. The lowest BCUT2D eigenvalue weighted by Gasteiger charge is -2.50. The maximum absolute atomic E-state index is 11.5. The summed E-state index contributed by atoms with van der Waals surface area (Å²) in [5.41, 5.74) is 0. The van der Waals surface area contributed by atoms with Crippen molar-refractivity contribution in [2.24, 2.45) is 0 Å². The van der Waals surface area contributed by atoms with Crippen LogP contribution in [-0.4, -0.2) is 326 Å². The molecule has 6 fully saturated rings. The Hall–Kier alpha value is -1.24. The third-order valence-corrected chi connectivity index (χ3v) is 12.4.